The summed E-state index contributed by atoms with van der Waals surface area (Å²) in [6.45, 7) is 88.9. The summed E-state index contributed by atoms with van der Waals surface area (Å²) in [6, 6.07) is 19.0. The molecule has 18 aromatic rings. The highest BCUT2D eigenvalue weighted by molar-refractivity contribution is 7.32. The minimum atomic E-state index is 0.0936. The second-order valence-corrected chi connectivity index (χ2v) is 57.5. The van der Waals surface area contributed by atoms with Gasteiger partial charge in [-0.1, -0.05) is 190 Å². The summed E-state index contributed by atoms with van der Waals surface area (Å²) >= 11 is 30.7. The first-order valence-corrected chi connectivity index (χ1v) is 57.6. The topological polar surface area (TPSA) is 0 Å². The third kappa shape index (κ3) is 22.6. The smallest absolute Gasteiger partial charge is 0.0489 e. The predicted molar refractivity (Wildman–Crippen MR) is 598 cm³/mol. The summed E-state index contributed by atoms with van der Waals surface area (Å²) in [7, 11) is 0. The lowest BCUT2D eigenvalue weighted by Gasteiger charge is -2.33. The van der Waals surface area contributed by atoms with Crippen molar-refractivity contribution in [3.63, 3.8) is 0 Å². The van der Waals surface area contributed by atoms with Gasteiger partial charge in [-0.15, -0.1) is 181 Å². The Morgan fingerprint density at radius 1 is 0.288 bits per heavy atom. The van der Waals surface area contributed by atoms with Crippen LogP contribution in [0, 0.1) is 117 Å². The molecule has 0 atom stereocenters. The van der Waals surface area contributed by atoms with Gasteiger partial charge in [0, 0.05) is 119 Å². The van der Waals surface area contributed by atoms with Gasteiger partial charge < -0.3 is 0 Å². The Kier molecular flexibility index (Phi) is 32.3. The highest BCUT2D eigenvalue weighted by Crippen LogP contribution is 2.53. The van der Waals surface area contributed by atoms with Gasteiger partial charge in [-0.25, -0.2) is 0 Å². The van der Waals surface area contributed by atoms with Crippen LogP contribution in [0.2, 0.25) is 0 Å². The Morgan fingerprint density at radius 2 is 0.680 bits per heavy atom. The van der Waals surface area contributed by atoms with E-state index in [4.69, 9.17) is 0 Å². The van der Waals surface area contributed by atoms with Gasteiger partial charge in [0.1, 0.15) is 0 Å². The lowest BCUT2D eigenvalue weighted by Crippen LogP contribution is -2.22. The Hall–Kier alpha value is -4.28. The van der Waals surface area contributed by atoms with Crippen LogP contribution in [0.4, 0.5) is 0 Å². The third-order valence-electron chi connectivity index (χ3n) is 23.2. The maximum atomic E-state index is 2.49. The normalized spacial score (nSPS) is 12.3. The first-order chi connectivity index (χ1) is 58.0. The third-order valence-corrected chi connectivity index (χ3v) is 45.2. The van der Waals surface area contributed by atoms with E-state index in [1.165, 1.54) is 224 Å². The lowest BCUT2D eigenvalue weighted by molar-refractivity contribution is 0.551. The summed E-state index contributed by atoms with van der Waals surface area (Å²) in [5, 5.41) is 15.7. The zero-order valence-corrected chi connectivity index (χ0v) is 95.3. The molecule has 0 fully saturated rings. The average molecular weight is 1960 g/mol. The Bertz CT molecular complexity index is 6710. The molecule has 0 N–H and O–H groups in total. The SMILES string of the molecule is CCc1sc2c(C)csc2c1C.Cc1cc2sc(-c3c(C(C)(C)C)cc(C(C)(C)C)cc3C(C)(C)C)c(C)c2s1.Cc1cc2sc(-c3ccc(C(C)(C)C)cc3C(C)(C)C)c(C)c2s1.Cc1csc2c(C)c(C(C)(C)C)sc12.Cc1csc2c(C)c(C(C)C)sc12.Cc1csc2c(C)c(CC(C)C)sc12.Cc1csc2ccsc12.Cc1sc2c(C)csc2c1C. The molecule has 16 aromatic heterocycles. The molecular formula is C109H138S16. The number of thiophene rings is 16. The molecule has 0 saturated carbocycles. The highest BCUT2D eigenvalue weighted by Gasteiger charge is 2.33. The fourth-order valence-electron chi connectivity index (χ4n) is 15.8. The van der Waals surface area contributed by atoms with Crippen molar-refractivity contribution in [3.8, 4) is 20.9 Å². The monoisotopic (exact) mass is 1960 g/mol. The molecule has 125 heavy (non-hydrogen) atoms. The maximum absolute atomic E-state index is 2.49. The molecule has 0 spiro atoms. The van der Waals surface area contributed by atoms with Crippen molar-refractivity contribution in [1.29, 1.82) is 0 Å². The highest BCUT2D eigenvalue weighted by atomic mass is 32.2. The molecule has 2 aromatic carbocycles. The zero-order valence-electron chi connectivity index (χ0n) is 82.3. The van der Waals surface area contributed by atoms with Crippen LogP contribution in [0.1, 0.15) is 299 Å². The van der Waals surface area contributed by atoms with Gasteiger partial charge in [0.15, 0.2) is 0 Å². The number of hydrogen-bond acceptors (Lipinski definition) is 16. The molecule has 0 unspecified atom stereocenters. The van der Waals surface area contributed by atoms with Crippen molar-refractivity contribution in [3.05, 3.63) is 220 Å². The van der Waals surface area contributed by atoms with E-state index in [0.717, 1.165) is 5.92 Å². The molecule has 0 aliphatic rings. The molecule has 0 amide bonds. The van der Waals surface area contributed by atoms with Crippen LogP contribution in [-0.2, 0) is 45.3 Å². The van der Waals surface area contributed by atoms with Gasteiger partial charge in [-0.05, 0) is 335 Å². The van der Waals surface area contributed by atoms with Gasteiger partial charge in [-0.2, -0.15) is 0 Å². The molecule has 0 bridgehead atoms. The fraction of sp³-hybridized carbons (Fsp3) is 0.450. The van der Waals surface area contributed by atoms with E-state index in [2.05, 4.69) is 356 Å². The van der Waals surface area contributed by atoms with Gasteiger partial charge >= 0.3 is 0 Å². The molecule has 670 valence electrons. The van der Waals surface area contributed by atoms with Crippen LogP contribution in [-0.4, -0.2) is 0 Å². The van der Waals surface area contributed by atoms with Crippen molar-refractivity contribution in [2.24, 2.45) is 5.92 Å². The second kappa shape index (κ2) is 39.9. The van der Waals surface area contributed by atoms with Crippen LogP contribution in [0.25, 0.3) is 96.1 Å². The van der Waals surface area contributed by atoms with E-state index < -0.39 is 0 Å². The largest absolute Gasteiger partial charge is 0.143 e. The first-order valence-electron chi connectivity index (χ1n) is 44.1. The number of hydrogen-bond donors (Lipinski definition) is 0. The van der Waals surface area contributed by atoms with Gasteiger partial charge in [0.25, 0.3) is 0 Å². The average Bonchev–Trinajstić information content (AvgIpc) is 1.64. The minimum Gasteiger partial charge on any atom is -0.143 e. The van der Waals surface area contributed by atoms with Gasteiger partial charge in [-0.3, -0.25) is 0 Å². The Balaban J connectivity index is 0.000000143. The Morgan fingerprint density at radius 3 is 1.08 bits per heavy atom. The Labute approximate surface area is 816 Å². The van der Waals surface area contributed by atoms with E-state index in [1.807, 2.05) is 181 Å². The minimum absolute atomic E-state index is 0.0936. The van der Waals surface area contributed by atoms with Crippen LogP contribution in [0.5, 0.6) is 0 Å². The van der Waals surface area contributed by atoms with E-state index >= 15 is 0 Å². The molecule has 0 saturated heterocycles. The summed E-state index contributed by atoms with van der Waals surface area (Å²) in [5.41, 5.74) is 30.2. The van der Waals surface area contributed by atoms with Crippen molar-refractivity contribution in [2.45, 2.75) is 321 Å². The van der Waals surface area contributed by atoms with Crippen LogP contribution < -0.4 is 0 Å². The predicted octanol–water partition coefficient (Wildman–Crippen LogP) is 42.6. The molecule has 16 heterocycles. The molecule has 16 heteroatoms. The van der Waals surface area contributed by atoms with E-state index in [0.29, 0.717) is 11.3 Å². The number of rotatable bonds is 6. The summed E-state index contributed by atoms with van der Waals surface area (Å²) in [5.74, 6) is 1.44. The molecular weight excluding hydrogens is 1820 g/mol. The van der Waals surface area contributed by atoms with E-state index in [9.17, 15) is 0 Å². The van der Waals surface area contributed by atoms with Crippen molar-refractivity contribution in [2.75, 3.05) is 0 Å². The van der Waals surface area contributed by atoms with Crippen LogP contribution in [0.15, 0.2) is 86.2 Å². The van der Waals surface area contributed by atoms with Crippen molar-refractivity contribution < 1.29 is 0 Å². The lowest BCUT2D eigenvalue weighted by atomic mass is 9.72. The maximum Gasteiger partial charge on any atom is 0.0489 e. The van der Waals surface area contributed by atoms with Gasteiger partial charge in [0.2, 0.25) is 0 Å². The van der Waals surface area contributed by atoms with E-state index in [1.54, 1.807) is 19.5 Å². The summed E-state index contributed by atoms with van der Waals surface area (Å²) in [4.78, 5) is 13.4. The number of fused-ring (bicyclic) bond motifs is 8. The zero-order chi connectivity index (χ0) is 92.5. The van der Waals surface area contributed by atoms with Crippen LogP contribution in [0.3, 0.4) is 0 Å². The molecule has 0 radical (unpaired) electrons. The molecule has 0 aliphatic carbocycles. The van der Waals surface area contributed by atoms with Gasteiger partial charge in [0.05, 0.1) is 0 Å². The molecule has 0 aliphatic heterocycles. The number of benzene rings is 2. The van der Waals surface area contributed by atoms with Crippen molar-refractivity contribution >= 4 is 257 Å². The first kappa shape index (κ1) is 101. The van der Waals surface area contributed by atoms with Crippen molar-refractivity contribution in [1.82, 2.24) is 0 Å². The fourth-order valence-corrected chi connectivity index (χ4v) is 35.9. The number of aryl methyl sites for hydroxylation is 17. The quantitative estimate of drug-likeness (QED) is 0.156. The van der Waals surface area contributed by atoms with Crippen LogP contribution >= 0.6 is 181 Å². The summed E-state index contributed by atoms with van der Waals surface area (Å²) in [6.07, 6.45) is 2.41. The standard InChI is InChI=1S/C26H36S2.C22H28S2.2C12H16S2.C11H14S2.C10H12S2.C9H10S2.C7H6S2/c1-15-12-20-22(27-15)16(2)23(28-20)21-18(25(6,7)8)13-17(24(3,4)5)14-19(21)26(9,10)11;1-13-11-18-20(23-13)14(2)19(24-18)16-10-9-15(21(3,4)5)12-17(16)22(6,7)8;1-7-6-13-10-8(2)11(12(3,4)5)14-9(7)10;1-7(2)5-10-9(4)12-11(14-10)8(3)6-13-12;1-6(2)9-8(4)11-10(13-9)7(3)5-12-11;1-4-8-7(3)10-9(12-8)6(2)5-11-10;1-5-4-10-9-6(2)7(3)11-8(5)9;1-5-4-9-6-2-3-8-7(5)6/h12-14H,1-11H3;9-12H,1-8H3;6H,1-5H3;6-7H,5H2,1-4H3;5-6H,1-4H3;5H,4H2,1-3H3;4H,1-3H3;2-4H,1H3. The summed E-state index contributed by atoms with van der Waals surface area (Å²) < 4.78 is 23.7. The molecule has 0 nitrogen and oxygen atoms in total. The van der Waals surface area contributed by atoms with E-state index in [-0.39, 0.29) is 27.1 Å². The second-order valence-electron chi connectivity index (χ2n) is 41.2. The molecule has 18 rings (SSSR count).